The third-order valence-electron chi connectivity index (χ3n) is 3.23. The number of carbonyl (C=O) groups excluding carboxylic acids is 1. The SMILES string of the molecule is Nc1ccc(OCCC(=O)OCCN2CCOCC2)cc1. The van der Waals surface area contributed by atoms with Crippen molar-refractivity contribution < 1.29 is 19.0 Å². The van der Waals surface area contributed by atoms with E-state index in [2.05, 4.69) is 4.90 Å². The fourth-order valence-corrected chi connectivity index (χ4v) is 2.00. The second kappa shape index (κ2) is 8.49. The van der Waals surface area contributed by atoms with Crippen LogP contribution in [0.3, 0.4) is 0 Å². The molecule has 1 heterocycles. The van der Waals surface area contributed by atoms with Crippen molar-refractivity contribution in [3.8, 4) is 5.75 Å². The first kappa shape index (κ1) is 15.6. The number of anilines is 1. The Labute approximate surface area is 124 Å². The van der Waals surface area contributed by atoms with Crippen LogP contribution in [0.5, 0.6) is 5.75 Å². The molecule has 2 N–H and O–H groups in total. The maximum absolute atomic E-state index is 11.6. The first-order chi connectivity index (χ1) is 10.2. The van der Waals surface area contributed by atoms with E-state index in [1.165, 1.54) is 0 Å². The molecule has 1 aliphatic rings. The summed E-state index contributed by atoms with van der Waals surface area (Å²) in [5.74, 6) is 0.462. The molecule has 1 aromatic carbocycles. The van der Waals surface area contributed by atoms with Crippen LogP contribution in [0.4, 0.5) is 5.69 Å². The van der Waals surface area contributed by atoms with E-state index in [1.54, 1.807) is 24.3 Å². The van der Waals surface area contributed by atoms with Gasteiger partial charge in [0.1, 0.15) is 12.4 Å². The van der Waals surface area contributed by atoms with E-state index in [4.69, 9.17) is 19.9 Å². The lowest BCUT2D eigenvalue weighted by atomic mass is 10.3. The summed E-state index contributed by atoms with van der Waals surface area (Å²) in [6, 6.07) is 7.07. The quantitative estimate of drug-likeness (QED) is 0.595. The number of rotatable bonds is 7. The number of hydrogen-bond donors (Lipinski definition) is 1. The second-order valence-corrected chi connectivity index (χ2v) is 4.84. The van der Waals surface area contributed by atoms with Crippen LogP contribution in [-0.4, -0.2) is 56.9 Å². The molecule has 0 amide bonds. The van der Waals surface area contributed by atoms with Crippen LogP contribution < -0.4 is 10.5 Å². The Balaban J connectivity index is 1.54. The molecule has 0 unspecified atom stereocenters. The smallest absolute Gasteiger partial charge is 0.309 e. The highest BCUT2D eigenvalue weighted by Crippen LogP contribution is 2.13. The zero-order valence-electron chi connectivity index (χ0n) is 12.1. The number of ether oxygens (including phenoxy) is 3. The van der Waals surface area contributed by atoms with Crippen LogP contribution in [0.15, 0.2) is 24.3 Å². The van der Waals surface area contributed by atoms with Gasteiger partial charge in [0.2, 0.25) is 0 Å². The molecule has 2 rings (SSSR count). The van der Waals surface area contributed by atoms with Crippen molar-refractivity contribution in [1.29, 1.82) is 0 Å². The molecule has 116 valence electrons. The molecule has 6 heteroatoms. The van der Waals surface area contributed by atoms with Crippen LogP contribution in [-0.2, 0) is 14.3 Å². The summed E-state index contributed by atoms with van der Waals surface area (Å²) < 4.78 is 15.9. The maximum Gasteiger partial charge on any atom is 0.309 e. The van der Waals surface area contributed by atoms with Crippen molar-refractivity contribution in [2.24, 2.45) is 0 Å². The highest BCUT2D eigenvalue weighted by atomic mass is 16.5. The number of nitrogens with zero attached hydrogens (tertiary/aromatic N) is 1. The number of nitrogens with two attached hydrogens (primary N) is 1. The summed E-state index contributed by atoms with van der Waals surface area (Å²) in [5.41, 5.74) is 6.26. The lowest BCUT2D eigenvalue weighted by molar-refractivity contribution is -0.144. The highest BCUT2D eigenvalue weighted by Gasteiger charge is 2.11. The molecule has 0 radical (unpaired) electrons. The number of benzene rings is 1. The zero-order chi connectivity index (χ0) is 14.9. The summed E-state index contributed by atoms with van der Waals surface area (Å²) in [6.07, 6.45) is 0.244. The molecule has 21 heavy (non-hydrogen) atoms. The van der Waals surface area contributed by atoms with E-state index in [-0.39, 0.29) is 12.4 Å². The fraction of sp³-hybridized carbons (Fsp3) is 0.533. The van der Waals surface area contributed by atoms with Crippen molar-refractivity contribution >= 4 is 11.7 Å². The summed E-state index contributed by atoms with van der Waals surface area (Å²) in [4.78, 5) is 13.8. The van der Waals surface area contributed by atoms with Crippen molar-refractivity contribution in [2.45, 2.75) is 6.42 Å². The largest absolute Gasteiger partial charge is 0.493 e. The monoisotopic (exact) mass is 294 g/mol. The average molecular weight is 294 g/mol. The standard InChI is InChI=1S/C15H22N2O4/c16-13-1-3-14(4-2-13)20-9-5-15(18)21-12-8-17-6-10-19-11-7-17/h1-4H,5-12,16H2. The van der Waals surface area contributed by atoms with Gasteiger partial charge in [0.15, 0.2) is 0 Å². The summed E-state index contributed by atoms with van der Waals surface area (Å²) >= 11 is 0. The van der Waals surface area contributed by atoms with Crippen molar-refractivity contribution in [2.75, 3.05) is 51.8 Å². The third-order valence-corrected chi connectivity index (χ3v) is 3.23. The molecule has 6 nitrogen and oxygen atoms in total. The van der Waals surface area contributed by atoms with Crippen LogP contribution in [0, 0.1) is 0 Å². The zero-order valence-corrected chi connectivity index (χ0v) is 12.1. The van der Waals surface area contributed by atoms with Gasteiger partial charge in [0.25, 0.3) is 0 Å². The predicted molar refractivity (Wildman–Crippen MR) is 79.2 cm³/mol. The van der Waals surface area contributed by atoms with E-state index < -0.39 is 0 Å². The number of nitrogen functional groups attached to an aromatic ring is 1. The van der Waals surface area contributed by atoms with Crippen molar-refractivity contribution in [1.82, 2.24) is 4.90 Å². The van der Waals surface area contributed by atoms with Crippen LogP contribution >= 0.6 is 0 Å². The van der Waals surface area contributed by atoms with Gasteiger partial charge in [-0.2, -0.15) is 0 Å². The van der Waals surface area contributed by atoms with E-state index in [9.17, 15) is 4.79 Å². The van der Waals surface area contributed by atoms with Gasteiger partial charge in [-0.25, -0.2) is 0 Å². The molecule has 0 aromatic heterocycles. The molecule has 0 saturated carbocycles. The summed E-state index contributed by atoms with van der Waals surface area (Å²) in [7, 11) is 0. The Morgan fingerprint density at radius 3 is 2.62 bits per heavy atom. The van der Waals surface area contributed by atoms with Gasteiger partial charge >= 0.3 is 5.97 Å². The summed E-state index contributed by atoms with van der Waals surface area (Å²) in [5, 5.41) is 0. The minimum Gasteiger partial charge on any atom is -0.493 e. The fourth-order valence-electron chi connectivity index (χ4n) is 2.00. The van der Waals surface area contributed by atoms with Crippen molar-refractivity contribution in [3.63, 3.8) is 0 Å². The lowest BCUT2D eigenvalue weighted by Crippen LogP contribution is -2.38. The molecule has 1 saturated heterocycles. The summed E-state index contributed by atoms with van der Waals surface area (Å²) in [6.45, 7) is 4.79. The van der Waals surface area contributed by atoms with Crippen LogP contribution in [0.2, 0.25) is 0 Å². The Morgan fingerprint density at radius 1 is 1.19 bits per heavy atom. The van der Waals surface area contributed by atoms with Gasteiger partial charge in [-0.3, -0.25) is 9.69 Å². The van der Waals surface area contributed by atoms with Gasteiger partial charge in [0.05, 0.1) is 26.2 Å². The lowest BCUT2D eigenvalue weighted by Gasteiger charge is -2.26. The number of esters is 1. The van der Waals surface area contributed by atoms with Gasteiger partial charge in [-0.1, -0.05) is 0 Å². The van der Waals surface area contributed by atoms with Crippen LogP contribution in [0.25, 0.3) is 0 Å². The normalized spacial score (nSPS) is 15.6. The molecule has 1 fully saturated rings. The van der Waals surface area contributed by atoms with Gasteiger partial charge < -0.3 is 19.9 Å². The van der Waals surface area contributed by atoms with E-state index in [0.717, 1.165) is 32.8 Å². The van der Waals surface area contributed by atoms with Crippen molar-refractivity contribution in [3.05, 3.63) is 24.3 Å². The molecule has 0 spiro atoms. The van der Waals surface area contributed by atoms with Crippen LogP contribution in [0.1, 0.15) is 6.42 Å². The van der Waals surface area contributed by atoms with E-state index in [0.29, 0.717) is 24.7 Å². The van der Waals surface area contributed by atoms with Gasteiger partial charge in [0, 0.05) is 25.3 Å². The minimum absolute atomic E-state index is 0.237. The van der Waals surface area contributed by atoms with Gasteiger partial charge in [-0.05, 0) is 24.3 Å². The molecular formula is C15H22N2O4. The predicted octanol–water partition coefficient (Wildman–Crippen LogP) is 0.913. The minimum atomic E-state index is -0.237. The van der Waals surface area contributed by atoms with E-state index in [1.807, 2.05) is 0 Å². The van der Waals surface area contributed by atoms with E-state index >= 15 is 0 Å². The van der Waals surface area contributed by atoms with Gasteiger partial charge in [-0.15, -0.1) is 0 Å². The first-order valence-corrected chi connectivity index (χ1v) is 7.18. The molecule has 1 aliphatic heterocycles. The Hall–Kier alpha value is -1.79. The molecule has 0 atom stereocenters. The third kappa shape index (κ3) is 6.01. The first-order valence-electron chi connectivity index (χ1n) is 7.18. The molecule has 0 bridgehead atoms. The molecule has 1 aromatic rings. The second-order valence-electron chi connectivity index (χ2n) is 4.84. The molecule has 0 aliphatic carbocycles. The maximum atomic E-state index is 11.6. The highest BCUT2D eigenvalue weighted by molar-refractivity contribution is 5.69. The number of carbonyl (C=O) groups is 1. The Bertz CT molecular complexity index is 430. The number of hydrogen-bond acceptors (Lipinski definition) is 6. The average Bonchev–Trinajstić information content (AvgIpc) is 2.50. The molecular weight excluding hydrogens is 272 g/mol. The Kier molecular flexibility index (Phi) is 6.30. The topological polar surface area (TPSA) is 74.0 Å². The Morgan fingerprint density at radius 2 is 1.90 bits per heavy atom. The number of morpholine rings is 1.